The van der Waals surface area contributed by atoms with Crippen LogP contribution in [0.15, 0.2) is 42.5 Å². The number of non-ortho nitro benzene ring substituents is 1. The van der Waals surface area contributed by atoms with Crippen molar-refractivity contribution in [2.75, 3.05) is 19.0 Å². The molecule has 0 unspecified atom stereocenters. The van der Waals surface area contributed by atoms with Crippen LogP contribution in [-0.4, -0.2) is 30.5 Å². The molecular formula is C17H15ClN2O6. The molecule has 0 aliphatic heterocycles. The van der Waals surface area contributed by atoms with Gasteiger partial charge in [0.15, 0.2) is 6.61 Å². The number of carbonyl (C=O) groups excluding carboxylic acids is 2. The van der Waals surface area contributed by atoms with E-state index in [0.717, 1.165) is 11.6 Å². The van der Waals surface area contributed by atoms with Crippen LogP contribution in [-0.2, 0) is 20.9 Å². The zero-order chi connectivity index (χ0) is 19.1. The Morgan fingerprint density at radius 2 is 1.88 bits per heavy atom. The Bertz CT molecular complexity index is 823. The summed E-state index contributed by atoms with van der Waals surface area (Å²) in [6, 6.07) is 10.2. The fraction of sp³-hybridized carbons (Fsp3) is 0.176. The molecule has 0 radical (unpaired) electrons. The molecule has 0 aliphatic rings. The first-order valence-electron chi connectivity index (χ1n) is 7.39. The molecule has 2 rings (SSSR count). The first kappa shape index (κ1) is 19.4. The molecule has 26 heavy (non-hydrogen) atoms. The summed E-state index contributed by atoms with van der Waals surface area (Å²) in [6.07, 6.45) is 0. The van der Waals surface area contributed by atoms with Crippen LogP contribution < -0.4 is 5.32 Å². The van der Waals surface area contributed by atoms with Crippen molar-refractivity contribution in [3.8, 4) is 0 Å². The van der Waals surface area contributed by atoms with Gasteiger partial charge >= 0.3 is 5.97 Å². The fourth-order valence-electron chi connectivity index (χ4n) is 2.02. The van der Waals surface area contributed by atoms with Crippen LogP contribution in [0, 0.1) is 10.1 Å². The number of methoxy groups -OCH3 is 1. The topological polar surface area (TPSA) is 108 Å². The van der Waals surface area contributed by atoms with Gasteiger partial charge in [-0.3, -0.25) is 14.9 Å². The quantitative estimate of drug-likeness (QED) is 0.450. The van der Waals surface area contributed by atoms with Gasteiger partial charge in [-0.2, -0.15) is 0 Å². The molecule has 1 N–H and O–H groups in total. The van der Waals surface area contributed by atoms with Gasteiger partial charge in [-0.15, -0.1) is 0 Å². The lowest BCUT2D eigenvalue weighted by Crippen LogP contribution is -2.21. The van der Waals surface area contributed by atoms with Gasteiger partial charge < -0.3 is 14.8 Å². The van der Waals surface area contributed by atoms with E-state index in [1.54, 1.807) is 31.4 Å². The molecule has 0 saturated carbocycles. The van der Waals surface area contributed by atoms with E-state index in [9.17, 15) is 19.7 Å². The lowest BCUT2D eigenvalue weighted by Gasteiger charge is -2.08. The second-order valence-electron chi connectivity index (χ2n) is 5.18. The molecule has 0 aliphatic carbocycles. The summed E-state index contributed by atoms with van der Waals surface area (Å²) >= 11 is 5.88. The third kappa shape index (κ3) is 5.27. The number of anilines is 1. The van der Waals surface area contributed by atoms with E-state index in [4.69, 9.17) is 21.1 Å². The SMILES string of the molecule is COCc1ccc(C(=O)OCC(=O)Nc2ccc([N+](=O)[O-])cc2Cl)cc1. The number of nitrogens with one attached hydrogen (secondary N) is 1. The maximum atomic E-state index is 11.9. The number of nitro benzene ring substituents is 1. The third-order valence-corrected chi connectivity index (χ3v) is 3.59. The summed E-state index contributed by atoms with van der Waals surface area (Å²) in [4.78, 5) is 33.8. The zero-order valence-corrected chi connectivity index (χ0v) is 14.5. The Labute approximate surface area is 153 Å². The van der Waals surface area contributed by atoms with Crippen molar-refractivity contribution in [1.82, 2.24) is 0 Å². The van der Waals surface area contributed by atoms with E-state index in [1.165, 1.54) is 12.1 Å². The largest absolute Gasteiger partial charge is 0.452 e. The van der Waals surface area contributed by atoms with Crippen molar-refractivity contribution in [1.29, 1.82) is 0 Å². The molecule has 0 saturated heterocycles. The predicted molar refractivity (Wildman–Crippen MR) is 94.2 cm³/mol. The number of benzene rings is 2. The highest BCUT2D eigenvalue weighted by molar-refractivity contribution is 6.34. The Morgan fingerprint density at radius 1 is 1.19 bits per heavy atom. The highest BCUT2D eigenvalue weighted by Crippen LogP contribution is 2.26. The molecule has 9 heteroatoms. The van der Waals surface area contributed by atoms with Crippen LogP contribution in [0.4, 0.5) is 11.4 Å². The highest BCUT2D eigenvalue weighted by atomic mass is 35.5. The first-order chi connectivity index (χ1) is 12.4. The number of nitro groups is 1. The lowest BCUT2D eigenvalue weighted by atomic mass is 10.1. The standard InChI is InChI=1S/C17H15ClN2O6/c1-25-9-11-2-4-12(5-3-11)17(22)26-10-16(21)19-15-7-6-13(20(23)24)8-14(15)18/h2-8H,9-10H2,1H3,(H,19,21). The summed E-state index contributed by atoms with van der Waals surface area (Å²) in [6.45, 7) is -0.0975. The van der Waals surface area contributed by atoms with E-state index >= 15 is 0 Å². The average Bonchev–Trinajstić information content (AvgIpc) is 2.62. The predicted octanol–water partition coefficient (Wildman–Crippen LogP) is 3.19. The monoisotopic (exact) mass is 378 g/mol. The number of rotatable bonds is 7. The summed E-state index contributed by atoms with van der Waals surface area (Å²) in [7, 11) is 1.57. The van der Waals surface area contributed by atoms with Crippen molar-refractivity contribution in [3.05, 3.63) is 68.7 Å². The number of amides is 1. The van der Waals surface area contributed by atoms with Crippen LogP contribution >= 0.6 is 11.6 Å². The van der Waals surface area contributed by atoms with Crippen LogP contribution in [0.2, 0.25) is 5.02 Å². The Morgan fingerprint density at radius 3 is 2.46 bits per heavy atom. The van der Waals surface area contributed by atoms with Crippen LogP contribution in [0.1, 0.15) is 15.9 Å². The van der Waals surface area contributed by atoms with Crippen LogP contribution in [0.5, 0.6) is 0 Å². The van der Waals surface area contributed by atoms with Crippen molar-refractivity contribution < 1.29 is 24.0 Å². The number of carbonyl (C=O) groups is 2. The second-order valence-corrected chi connectivity index (χ2v) is 5.58. The van der Waals surface area contributed by atoms with Crippen molar-refractivity contribution in [2.24, 2.45) is 0 Å². The van der Waals surface area contributed by atoms with Crippen molar-refractivity contribution in [3.63, 3.8) is 0 Å². The van der Waals surface area contributed by atoms with E-state index < -0.39 is 23.4 Å². The molecule has 0 bridgehead atoms. The molecule has 0 fully saturated rings. The van der Waals surface area contributed by atoms with Crippen molar-refractivity contribution >= 4 is 34.9 Å². The molecule has 2 aromatic rings. The van der Waals surface area contributed by atoms with Crippen LogP contribution in [0.3, 0.4) is 0 Å². The number of esters is 1. The lowest BCUT2D eigenvalue weighted by molar-refractivity contribution is -0.384. The summed E-state index contributed by atoms with van der Waals surface area (Å²) in [5.41, 5.74) is 1.18. The Hall–Kier alpha value is -2.97. The summed E-state index contributed by atoms with van der Waals surface area (Å²) in [5, 5.41) is 13.1. The number of hydrogen-bond acceptors (Lipinski definition) is 6. The number of nitrogens with zero attached hydrogens (tertiary/aromatic N) is 1. The van der Waals surface area contributed by atoms with Gasteiger partial charge in [-0.1, -0.05) is 23.7 Å². The third-order valence-electron chi connectivity index (χ3n) is 3.27. The van der Waals surface area contributed by atoms with Crippen molar-refractivity contribution in [2.45, 2.75) is 6.61 Å². The van der Waals surface area contributed by atoms with Gasteiger partial charge in [0, 0.05) is 19.2 Å². The van der Waals surface area contributed by atoms with E-state index in [-0.39, 0.29) is 16.4 Å². The Kier molecular flexibility index (Phi) is 6.65. The van der Waals surface area contributed by atoms with Gasteiger partial charge in [0.1, 0.15) is 0 Å². The molecular weight excluding hydrogens is 364 g/mol. The van der Waals surface area contributed by atoms with E-state index in [2.05, 4.69) is 5.32 Å². The number of halogens is 1. The summed E-state index contributed by atoms with van der Waals surface area (Å²) in [5.74, 6) is -1.27. The normalized spacial score (nSPS) is 10.2. The smallest absolute Gasteiger partial charge is 0.338 e. The summed E-state index contributed by atoms with van der Waals surface area (Å²) < 4.78 is 9.91. The first-order valence-corrected chi connectivity index (χ1v) is 7.77. The van der Waals surface area contributed by atoms with Gasteiger partial charge in [0.2, 0.25) is 0 Å². The minimum Gasteiger partial charge on any atom is -0.452 e. The van der Waals surface area contributed by atoms with Gasteiger partial charge in [0.25, 0.3) is 11.6 Å². The molecule has 0 spiro atoms. The highest BCUT2D eigenvalue weighted by Gasteiger charge is 2.14. The molecule has 8 nitrogen and oxygen atoms in total. The molecule has 2 aromatic carbocycles. The molecule has 136 valence electrons. The van der Waals surface area contributed by atoms with Crippen LogP contribution in [0.25, 0.3) is 0 Å². The Balaban J connectivity index is 1.90. The maximum absolute atomic E-state index is 11.9. The molecule has 0 heterocycles. The van der Waals surface area contributed by atoms with Gasteiger partial charge in [-0.05, 0) is 23.8 Å². The minimum atomic E-state index is -0.654. The second kappa shape index (κ2) is 8.93. The van der Waals surface area contributed by atoms with Gasteiger partial charge in [-0.25, -0.2) is 4.79 Å². The zero-order valence-electron chi connectivity index (χ0n) is 13.7. The number of ether oxygens (including phenoxy) is 2. The fourth-order valence-corrected chi connectivity index (χ4v) is 2.25. The minimum absolute atomic E-state index is 0.00704. The van der Waals surface area contributed by atoms with E-state index in [1.807, 2.05) is 0 Å². The maximum Gasteiger partial charge on any atom is 0.338 e. The average molecular weight is 379 g/mol. The molecule has 0 atom stereocenters. The van der Waals surface area contributed by atoms with E-state index in [0.29, 0.717) is 12.2 Å². The number of hydrogen-bond donors (Lipinski definition) is 1. The molecule has 1 amide bonds. The molecule has 0 aromatic heterocycles. The van der Waals surface area contributed by atoms with Gasteiger partial charge in [0.05, 0.1) is 27.8 Å².